The minimum atomic E-state index is 0.0729. The Kier molecular flexibility index (Phi) is 5.85. The van der Waals surface area contributed by atoms with Gasteiger partial charge in [0.25, 0.3) is 0 Å². The quantitative estimate of drug-likeness (QED) is 0.897. The second kappa shape index (κ2) is 8.08. The van der Waals surface area contributed by atoms with E-state index in [1.165, 1.54) is 24.8 Å². The lowest BCUT2D eigenvalue weighted by Gasteiger charge is -2.39. The number of aromatic nitrogens is 1. The van der Waals surface area contributed by atoms with E-state index in [1.54, 1.807) is 0 Å². The summed E-state index contributed by atoms with van der Waals surface area (Å²) in [6.07, 6.45) is 10.3. The SMILES string of the molecule is NCC1(CC(=O)N2CCN(Cc3ccncc3)CC2)CCCCC1. The monoisotopic (exact) mass is 330 g/mol. The maximum Gasteiger partial charge on any atom is 0.223 e. The van der Waals surface area contributed by atoms with Crippen molar-refractivity contribution >= 4 is 5.91 Å². The summed E-state index contributed by atoms with van der Waals surface area (Å²) in [5, 5.41) is 0. The summed E-state index contributed by atoms with van der Waals surface area (Å²) in [6, 6.07) is 4.12. The molecule has 5 heteroatoms. The number of pyridine rings is 1. The number of hydrogen-bond donors (Lipinski definition) is 1. The molecule has 0 radical (unpaired) electrons. The number of piperazine rings is 1. The van der Waals surface area contributed by atoms with Gasteiger partial charge in [-0.05, 0) is 42.5 Å². The predicted octanol–water partition coefficient (Wildman–Crippen LogP) is 2.03. The lowest BCUT2D eigenvalue weighted by molar-refractivity contribution is -0.136. The molecule has 1 amide bonds. The second-order valence-electron chi connectivity index (χ2n) is 7.45. The van der Waals surface area contributed by atoms with Crippen molar-refractivity contribution in [1.82, 2.24) is 14.8 Å². The van der Waals surface area contributed by atoms with Crippen LogP contribution in [-0.4, -0.2) is 53.4 Å². The highest BCUT2D eigenvalue weighted by molar-refractivity contribution is 5.77. The third kappa shape index (κ3) is 4.33. The highest BCUT2D eigenvalue weighted by Gasteiger charge is 2.35. The van der Waals surface area contributed by atoms with Crippen LogP contribution in [0.2, 0.25) is 0 Å². The Morgan fingerprint density at radius 2 is 1.75 bits per heavy atom. The van der Waals surface area contributed by atoms with Gasteiger partial charge in [0, 0.05) is 51.5 Å². The van der Waals surface area contributed by atoms with Crippen molar-refractivity contribution in [3.63, 3.8) is 0 Å². The van der Waals surface area contributed by atoms with Crippen LogP contribution in [0.25, 0.3) is 0 Å². The number of carbonyl (C=O) groups excluding carboxylic acids is 1. The fraction of sp³-hybridized carbons (Fsp3) is 0.684. The lowest BCUT2D eigenvalue weighted by Crippen LogP contribution is -2.50. The maximum atomic E-state index is 12.7. The van der Waals surface area contributed by atoms with E-state index in [9.17, 15) is 4.79 Å². The Morgan fingerprint density at radius 1 is 1.08 bits per heavy atom. The molecule has 0 aromatic carbocycles. The molecule has 132 valence electrons. The van der Waals surface area contributed by atoms with E-state index >= 15 is 0 Å². The Morgan fingerprint density at radius 3 is 2.38 bits per heavy atom. The Labute approximate surface area is 145 Å². The van der Waals surface area contributed by atoms with Crippen LogP contribution in [-0.2, 0) is 11.3 Å². The molecule has 2 fully saturated rings. The van der Waals surface area contributed by atoms with Gasteiger partial charge in [0.15, 0.2) is 0 Å². The molecule has 2 aliphatic rings. The second-order valence-corrected chi connectivity index (χ2v) is 7.45. The van der Waals surface area contributed by atoms with Crippen molar-refractivity contribution in [1.29, 1.82) is 0 Å². The molecular weight excluding hydrogens is 300 g/mol. The van der Waals surface area contributed by atoms with E-state index in [0.717, 1.165) is 45.6 Å². The largest absolute Gasteiger partial charge is 0.340 e. The summed E-state index contributed by atoms with van der Waals surface area (Å²) in [7, 11) is 0. The standard InChI is InChI=1S/C19H30N4O/c20-16-19(6-2-1-3-7-19)14-18(24)23-12-10-22(11-13-23)15-17-4-8-21-9-5-17/h4-5,8-9H,1-3,6-7,10-16,20H2. The van der Waals surface area contributed by atoms with Crippen molar-refractivity contribution in [3.8, 4) is 0 Å². The third-order valence-electron chi connectivity index (χ3n) is 5.75. The first-order valence-corrected chi connectivity index (χ1v) is 9.30. The summed E-state index contributed by atoms with van der Waals surface area (Å²) in [6.45, 7) is 5.17. The van der Waals surface area contributed by atoms with Crippen LogP contribution in [0.3, 0.4) is 0 Å². The molecule has 3 rings (SSSR count). The molecule has 2 N–H and O–H groups in total. The Balaban J connectivity index is 1.48. The van der Waals surface area contributed by atoms with Crippen LogP contribution < -0.4 is 5.73 Å². The fourth-order valence-corrected chi connectivity index (χ4v) is 4.09. The van der Waals surface area contributed by atoms with Gasteiger partial charge in [-0.15, -0.1) is 0 Å². The Hall–Kier alpha value is -1.46. The van der Waals surface area contributed by atoms with Crippen LogP contribution in [0.5, 0.6) is 0 Å². The Bertz CT molecular complexity index is 519. The van der Waals surface area contributed by atoms with Gasteiger partial charge in [-0.25, -0.2) is 0 Å². The average molecular weight is 330 g/mol. The van der Waals surface area contributed by atoms with Crippen LogP contribution in [0.4, 0.5) is 0 Å². The molecule has 2 heterocycles. The average Bonchev–Trinajstić information content (AvgIpc) is 2.64. The fourth-order valence-electron chi connectivity index (χ4n) is 4.09. The molecule has 0 atom stereocenters. The van der Waals surface area contributed by atoms with Crippen LogP contribution in [0, 0.1) is 5.41 Å². The zero-order valence-electron chi connectivity index (χ0n) is 14.6. The van der Waals surface area contributed by atoms with Gasteiger partial charge in [-0.1, -0.05) is 19.3 Å². The molecule has 1 saturated heterocycles. The molecule has 0 unspecified atom stereocenters. The summed E-state index contributed by atoms with van der Waals surface area (Å²) >= 11 is 0. The highest BCUT2D eigenvalue weighted by atomic mass is 16.2. The zero-order valence-corrected chi connectivity index (χ0v) is 14.6. The van der Waals surface area contributed by atoms with E-state index in [0.29, 0.717) is 18.9 Å². The van der Waals surface area contributed by atoms with Gasteiger partial charge in [-0.2, -0.15) is 0 Å². The van der Waals surface area contributed by atoms with Gasteiger partial charge in [0.2, 0.25) is 5.91 Å². The molecule has 1 aromatic heterocycles. The van der Waals surface area contributed by atoms with E-state index in [-0.39, 0.29) is 5.41 Å². The number of nitrogens with two attached hydrogens (primary N) is 1. The first-order chi connectivity index (χ1) is 11.7. The third-order valence-corrected chi connectivity index (χ3v) is 5.75. The summed E-state index contributed by atoms with van der Waals surface area (Å²) in [4.78, 5) is 21.3. The molecule has 1 saturated carbocycles. The summed E-state index contributed by atoms with van der Waals surface area (Å²) in [5.74, 6) is 0.311. The number of nitrogens with zero attached hydrogens (tertiary/aromatic N) is 3. The summed E-state index contributed by atoms with van der Waals surface area (Å²) < 4.78 is 0. The molecule has 24 heavy (non-hydrogen) atoms. The van der Waals surface area contributed by atoms with Gasteiger partial charge in [0.1, 0.15) is 0 Å². The van der Waals surface area contributed by atoms with Gasteiger partial charge < -0.3 is 10.6 Å². The zero-order chi connectivity index (χ0) is 16.8. The number of amides is 1. The van der Waals surface area contributed by atoms with Crippen molar-refractivity contribution in [2.45, 2.75) is 45.1 Å². The van der Waals surface area contributed by atoms with Crippen molar-refractivity contribution in [2.24, 2.45) is 11.1 Å². The lowest BCUT2D eigenvalue weighted by atomic mass is 9.71. The molecule has 1 aromatic rings. The first-order valence-electron chi connectivity index (χ1n) is 9.30. The normalized spacial score (nSPS) is 21.6. The van der Waals surface area contributed by atoms with E-state index < -0.39 is 0 Å². The number of carbonyl (C=O) groups is 1. The van der Waals surface area contributed by atoms with Gasteiger partial charge in [-0.3, -0.25) is 14.7 Å². The van der Waals surface area contributed by atoms with Crippen molar-refractivity contribution in [3.05, 3.63) is 30.1 Å². The van der Waals surface area contributed by atoms with E-state index in [2.05, 4.69) is 26.9 Å². The first kappa shape index (κ1) is 17.4. The van der Waals surface area contributed by atoms with E-state index in [1.807, 2.05) is 12.4 Å². The minimum absolute atomic E-state index is 0.0729. The predicted molar refractivity (Wildman–Crippen MR) is 95.3 cm³/mol. The summed E-state index contributed by atoms with van der Waals surface area (Å²) in [5.41, 5.74) is 7.40. The van der Waals surface area contributed by atoms with Crippen molar-refractivity contribution < 1.29 is 4.79 Å². The minimum Gasteiger partial charge on any atom is -0.340 e. The highest BCUT2D eigenvalue weighted by Crippen LogP contribution is 2.38. The van der Waals surface area contributed by atoms with Crippen LogP contribution >= 0.6 is 0 Å². The molecule has 0 spiro atoms. The van der Waals surface area contributed by atoms with Gasteiger partial charge in [0.05, 0.1) is 0 Å². The molecule has 1 aliphatic carbocycles. The van der Waals surface area contributed by atoms with Crippen LogP contribution in [0.1, 0.15) is 44.1 Å². The molecule has 0 bridgehead atoms. The smallest absolute Gasteiger partial charge is 0.223 e. The number of rotatable bonds is 5. The van der Waals surface area contributed by atoms with Crippen LogP contribution in [0.15, 0.2) is 24.5 Å². The number of hydrogen-bond acceptors (Lipinski definition) is 4. The molecule has 5 nitrogen and oxygen atoms in total. The maximum absolute atomic E-state index is 12.7. The van der Waals surface area contributed by atoms with Gasteiger partial charge >= 0.3 is 0 Å². The topological polar surface area (TPSA) is 62.5 Å². The molecular formula is C19H30N4O. The van der Waals surface area contributed by atoms with E-state index in [4.69, 9.17) is 5.73 Å². The molecule has 1 aliphatic heterocycles. The van der Waals surface area contributed by atoms with Crippen molar-refractivity contribution in [2.75, 3.05) is 32.7 Å².